The van der Waals surface area contributed by atoms with Gasteiger partial charge in [0.25, 0.3) is 0 Å². The Labute approximate surface area is 179 Å². The van der Waals surface area contributed by atoms with Crippen molar-refractivity contribution in [2.24, 2.45) is 4.99 Å². The van der Waals surface area contributed by atoms with Gasteiger partial charge in [-0.2, -0.15) is 0 Å². The highest BCUT2D eigenvalue weighted by molar-refractivity contribution is 8.38. The van der Waals surface area contributed by atoms with E-state index in [-0.39, 0.29) is 9.80 Å². The van der Waals surface area contributed by atoms with E-state index in [1.807, 2.05) is 42.8 Å². The predicted octanol–water partition coefficient (Wildman–Crippen LogP) is 5.60. The van der Waals surface area contributed by atoms with Gasteiger partial charge in [-0.3, -0.25) is 0 Å². The largest absolute Gasteiger partial charge is 0.233 e. The minimum absolute atomic E-state index is 0.0722. The van der Waals surface area contributed by atoms with Gasteiger partial charge in [-0.05, 0) is 30.9 Å². The number of aliphatic imine (C=N–C) groups is 1. The number of thioether (sulfide) groups is 3. The van der Waals surface area contributed by atoms with Gasteiger partial charge in [0.1, 0.15) is 9.28 Å². The lowest BCUT2D eigenvalue weighted by atomic mass is 10.1. The smallest absolute Gasteiger partial charge is 0.210 e. The predicted molar refractivity (Wildman–Crippen MR) is 128 cm³/mol. The molecule has 0 unspecified atom stereocenters. The van der Waals surface area contributed by atoms with Crippen LogP contribution in [-0.2, 0) is 9.84 Å². The second-order valence-corrected chi connectivity index (χ2v) is 10.4. The Morgan fingerprint density at radius 3 is 1.85 bits per heavy atom. The maximum atomic E-state index is 13.5. The molecule has 2 rings (SSSR count). The summed E-state index contributed by atoms with van der Waals surface area (Å²) in [5.41, 5.74) is 1.08. The molecule has 0 fully saturated rings. The van der Waals surface area contributed by atoms with E-state index >= 15 is 0 Å². The van der Waals surface area contributed by atoms with E-state index in [1.165, 1.54) is 35.3 Å². The average Bonchev–Trinajstić information content (AvgIpc) is 2.71. The third-order valence-corrected chi connectivity index (χ3v) is 8.75. The van der Waals surface area contributed by atoms with Crippen LogP contribution in [0.3, 0.4) is 0 Å². The third-order valence-electron chi connectivity index (χ3n) is 3.51. The van der Waals surface area contributed by atoms with E-state index in [4.69, 9.17) is 12.2 Å². The Bertz CT molecular complexity index is 946. The number of benzene rings is 2. The summed E-state index contributed by atoms with van der Waals surface area (Å²) in [7, 11) is -3.83. The minimum Gasteiger partial charge on any atom is -0.233 e. The van der Waals surface area contributed by atoms with Crippen LogP contribution in [0.2, 0.25) is 0 Å². The summed E-state index contributed by atoms with van der Waals surface area (Å²) in [6.07, 6.45) is 5.60. The van der Waals surface area contributed by atoms with Gasteiger partial charge in [-0.25, -0.2) is 13.4 Å². The molecule has 0 amide bonds. The summed E-state index contributed by atoms with van der Waals surface area (Å²) in [6.45, 7) is 0. The van der Waals surface area contributed by atoms with Gasteiger partial charge in [0, 0.05) is 5.56 Å². The third kappa shape index (κ3) is 5.48. The van der Waals surface area contributed by atoms with Gasteiger partial charge in [-0.1, -0.05) is 60.7 Å². The van der Waals surface area contributed by atoms with Crippen molar-refractivity contribution < 1.29 is 8.42 Å². The van der Waals surface area contributed by atoms with Crippen LogP contribution in [0.15, 0.2) is 75.5 Å². The number of hydrogen-bond acceptors (Lipinski definition) is 7. The van der Waals surface area contributed by atoms with E-state index in [0.717, 1.165) is 4.38 Å². The molecule has 0 radical (unpaired) electrons. The van der Waals surface area contributed by atoms with Gasteiger partial charge >= 0.3 is 0 Å². The molecule has 0 N–H and O–H groups in total. The molecule has 0 aliphatic rings. The molecule has 27 heavy (non-hydrogen) atoms. The quantitative estimate of drug-likeness (QED) is 0.254. The van der Waals surface area contributed by atoms with Crippen molar-refractivity contribution in [2.75, 3.05) is 18.8 Å². The normalized spacial score (nSPS) is 12.3. The summed E-state index contributed by atoms with van der Waals surface area (Å²) < 4.78 is 28.0. The molecule has 0 spiro atoms. The molecule has 0 aromatic heterocycles. The van der Waals surface area contributed by atoms with E-state index < -0.39 is 9.84 Å². The number of sulfone groups is 1. The molecular weight excluding hydrogens is 435 g/mol. The van der Waals surface area contributed by atoms with E-state index in [2.05, 4.69) is 4.99 Å². The summed E-state index contributed by atoms with van der Waals surface area (Å²) in [4.78, 5) is 4.96. The molecule has 3 nitrogen and oxygen atoms in total. The van der Waals surface area contributed by atoms with Crippen molar-refractivity contribution in [2.45, 2.75) is 4.90 Å². The molecule has 0 bridgehead atoms. The fourth-order valence-electron chi connectivity index (χ4n) is 2.25. The first-order chi connectivity index (χ1) is 13.0. The zero-order valence-electron chi connectivity index (χ0n) is 15.1. The van der Waals surface area contributed by atoms with Crippen LogP contribution in [0, 0.1) is 0 Å². The van der Waals surface area contributed by atoms with Crippen LogP contribution in [-0.4, -0.2) is 35.8 Å². The molecule has 2 aromatic rings. The van der Waals surface area contributed by atoms with Crippen LogP contribution in [0.4, 0.5) is 0 Å². The Morgan fingerprint density at radius 1 is 0.852 bits per heavy atom. The van der Waals surface area contributed by atoms with Crippen LogP contribution in [0.5, 0.6) is 0 Å². The Hall–Kier alpha value is -1.06. The van der Waals surface area contributed by atoms with Gasteiger partial charge in [0.15, 0.2) is 0 Å². The lowest BCUT2D eigenvalue weighted by Gasteiger charge is -2.14. The van der Waals surface area contributed by atoms with Crippen molar-refractivity contribution in [3.05, 3.63) is 71.1 Å². The Morgan fingerprint density at radius 2 is 1.37 bits per heavy atom. The zero-order valence-corrected chi connectivity index (χ0v) is 19.2. The average molecular weight is 454 g/mol. The molecule has 0 saturated carbocycles. The standard InChI is InChI=1S/C19H19NO2S5/c1-24-18(23)17(27(21,22)15-12-8-5-9-13-15)16(20-19(25-2)26-3)14-10-6-4-7-11-14/h4-13H,1-3H3/b17-16+. The monoisotopic (exact) mass is 453 g/mol. The van der Waals surface area contributed by atoms with Crippen LogP contribution >= 0.6 is 47.5 Å². The molecule has 2 aromatic carbocycles. The lowest BCUT2D eigenvalue weighted by Crippen LogP contribution is -2.13. The fourth-order valence-corrected chi connectivity index (χ4v) is 5.96. The maximum Gasteiger partial charge on any atom is 0.210 e. The van der Waals surface area contributed by atoms with Crippen LogP contribution in [0.1, 0.15) is 5.56 Å². The van der Waals surface area contributed by atoms with Gasteiger partial charge in [0.05, 0.1) is 14.8 Å². The first-order valence-corrected chi connectivity index (χ1v) is 13.4. The Kier molecular flexibility index (Phi) is 8.62. The molecule has 0 atom stereocenters. The highest BCUT2D eigenvalue weighted by Crippen LogP contribution is 2.33. The molecule has 142 valence electrons. The maximum absolute atomic E-state index is 13.5. The summed E-state index contributed by atoms with van der Waals surface area (Å²) >= 11 is 9.64. The molecule has 8 heteroatoms. The molecule has 0 aliphatic heterocycles. The summed E-state index contributed by atoms with van der Waals surface area (Å²) in [5, 5.41) is 0. The lowest BCUT2D eigenvalue weighted by molar-refractivity contribution is 0.603. The van der Waals surface area contributed by atoms with Crippen molar-refractivity contribution in [3.63, 3.8) is 0 Å². The first kappa shape index (κ1) is 22.2. The molecule has 0 saturated heterocycles. The highest BCUT2D eigenvalue weighted by atomic mass is 32.2. The zero-order chi connectivity index (χ0) is 19.9. The summed E-state index contributed by atoms with van der Waals surface area (Å²) in [6, 6.07) is 17.6. The topological polar surface area (TPSA) is 46.5 Å². The van der Waals surface area contributed by atoms with Crippen molar-refractivity contribution in [3.8, 4) is 0 Å². The second kappa shape index (κ2) is 10.5. The first-order valence-electron chi connectivity index (χ1n) is 7.80. The molecule has 0 aliphatic carbocycles. The fraction of sp³-hybridized carbons (Fsp3) is 0.158. The number of hydrogen-bond donors (Lipinski definition) is 0. The van der Waals surface area contributed by atoms with Crippen molar-refractivity contribution in [1.82, 2.24) is 0 Å². The molecule has 0 heterocycles. The number of nitrogens with zero attached hydrogens (tertiary/aromatic N) is 1. The van der Waals surface area contributed by atoms with Gasteiger partial charge in [0.2, 0.25) is 9.84 Å². The number of thiocarbonyl (C=S) groups is 1. The van der Waals surface area contributed by atoms with Crippen molar-refractivity contribution >= 4 is 71.6 Å². The second-order valence-electron chi connectivity index (χ2n) is 5.14. The minimum atomic E-state index is -3.83. The molecular formula is C19H19NO2S5. The van der Waals surface area contributed by atoms with E-state index in [9.17, 15) is 8.42 Å². The summed E-state index contributed by atoms with van der Waals surface area (Å²) in [5.74, 6) is 0. The van der Waals surface area contributed by atoms with E-state index in [0.29, 0.717) is 15.5 Å². The van der Waals surface area contributed by atoms with Gasteiger partial charge in [-0.15, -0.1) is 35.3 Å². The SMILES string of the molecule is CSC(=S)/C(=C(\N=C(SC)SC)c1ccccc1)S(=O)(=O)c1ccccc1. The van der Waals surface area contributed by atoms with Gasteiger partial charge < -0.3 is 0 Å². The van der Waals surface area contributed by atoms with Crippen LogP contribution < -0.4 is 0 Å². The highest BCUT2D eigenvalue weighted by Gasteiger charge is 2.29. The van der Waals surface area contributed by atoms with E-state index in [1.54, 1.807) is 36.6 Å². The van der Waals surface area contributed by atoms with Crippen LogP contribution in [0.25, 0.3) is 5.70 Å². The Balaban J connectivity index is 2.90. The number of rotatable bonds is 5. The van der Waals surface area contributed by atoms with Crippen molar-refractivity contribution in [1.29, 1.82) is 0 Å².